The summed E-state index contributed by atoms with van der Waals surface area (Å²) in [4.78, 5) is 0. The van der Waals surface area contributed by atoms with E-state index in [1.54, 1.807) is 0 Å². The highest BCUT2D eigenvalue weighted by Crippen LogP contribution is 2.18. The molecule has 13 heavy (non-hydrogen) atoms. The molecule has 0 atom stereocenters. The minimum absolute atomic E-state index is 0.293. The van der Waals surface area contributed by atoms with Crippen molar-refractivity contribution in [1.29, 1.82) is 0 Å². The Morgan fingerprint density at radius 1 is 1.31 bits per heavy atom. The van der Waals surface area contributed by atoms with Gasteiger partial charge >= 0.3 is 0 Å². The molecule has 2 heteroatoms. The van der Waals surface area contributed by atoms with Gasteiger partial charge in [-0.05, 0) is 19.9 Å². The lowest BCUT2D eigenvalue weighted by atomic mass is 10.3. The standard InChI is InChI=1S/C9H12O2.C2H6/c1-7(2)4-5-9-8(3)10-6-11-9;1-2/h4-5H,3,6H2,1-2H3;1-2H3/b9-5+;. The lowest BCUT2D eigenvalue weighted by molar-refractivity contribution is 0.0980. The first-order valence-corrected chi connectivity index (χ1v) is 4.50. The monoisotopic (exact) mass is 182 g/mol. The maximum atomic E-state index is 5.11. The van der Waals surface area contributed by atoms with Crippen molar-refractivity contribution in [2.75, 3.05) is 6.79 Å². The van der Waals surface area contributed by atoms with Crippen LogP contribution in [0.15, 0.2) is 35.8 Å². The molecule has 0 aromatic carbocycles. The third kappa shape index (κ3) is 4.41. The van der Waals surface area contributed by atoms with E-state index in [0.717, 1.165) is 5.76 Å². The van der Waals surface area contributed by atoms with Gasteiger partial charge < -0.3 is 9.47 Å². The average Bonchev–Trinajstić information content (AvgIpc) is 2.51. The summed E-state index contributed by atoms with van der Waals surface area (Å²) >= 11 is 0. The molecule has 0 aromatic heterocycles. The summed E-state index contributed by atoms with van der Waals surface area (Å²) in [6.07, 6.45) is 3.83. The van der Waals surface area contributed by atoms with Crippen LogP contribution in [0.5, 0.6) is 0 Å². The van der Waals surface area contributed by atoms with Crippen LogP contribution in [-0.2, 0) is 9.47 Å². The van der Waals surface area contributed by atoms with Crippen LogP contribution in [0.1, 0.15) is 27.7 Å². The smallest absolute Gasteiger partial charge is 0.231 e. The zero-order valence-electron chi connectivity index (χ0n) is 8.89. The molecule has 1 aliphatic rings. The highest BCUT2D eigenvalue weighted by Gasteiger charge is 2.11. The fourth-order valence-electron chi connectivity index (χ4n) is 0.699. The molecule has 1 aliphatic heterocycles. The zero-order chi connectivity index (χ0) is 10.3. The summed E-state index contributed by atoms with van der Waals surface area (Å²) in [5.74, 6) is 1.34. The van der Waals surface area contributed by atoms with Gasteiger partial charge in [0, 0.05) is 0 Å². The molecule has 0 spiro atoms. The van der Waals surface area contributed by atoms with E-state index in [9.17, 15) is 0 Å². The molecule has 0 amide bonds. The SMILES string of the molecule is C=C1OCO/C1=C/C=C(C)C.CC. The maximum absolute atomic E-state index is 5.11. The molecule has 0 saturated carbocycles. The van der Waals surface area contributed by atoms with E-state index in [-0.39, 0.29) is 0 Å². The van der Waals surface area contributed by atoms with Crippen LogP contribution >= 0.6 is 0 Å². The van der Waals surface area contributed by atoms with E-state index < -0.39 is 0 Å². The van der Waals surface area contributed by atoms with Gasteiger partial charge in [-0.2, -0.15) is 0 Å². The Kier molecular flexibility index (Phi) is 5.77. The molecule has 0 aliphatic carbocycles. The number of allylic oxidation sites excluding steroid dienone is 3. The molecule has 0 radical (unpaired) electrons. The van der Waals surface area contributed by atoms with E-state index in [1.165, 1.54) is 5.57 Å². The van der Waals surface area contributed by atoms with E-state index in [1.807, 2.05) is 39.8 Å². The molecule has 0 unspecified atom stereocenters. The lowest BCUT2D eigenvalue weighted by Crippen LogP contribution is -1.78. The van der Waals surface area contributed by atoms with Crippen molar-refractivity contribution in [3.05, 3.63) is 35.8 Å². The van der Waals surface area contributed by atoms with Crippen LogP contribution in [0.2, 0.25) is 0 Å². The van der Waals surface area contributed by atoms with Crippen molar-refractivity contribution in [3.8, 4) is 0 Å². The van der Waals surface area contributed by atoms with E-state index in [2.05, 4.69) is 6.58 Å². The van der Waals surface area contributed by atoms with Crippen molar-refractivity contribution in [2.24, 2.45) is 0 Å². The van der Waals surface area contributed by atoms with Crippen molar-refractivity contribution in [3.63, 3.8) is 0 Å². The summed E-state index contributed by atoms with van der Waals surface area (Å²) < 4.78 is 10.1. The largest absolute Gasteiger partial charge is 0.454 e. The first-order chi connectivity index (χ1) is 6.20. The second-order valence-electron chi connectivity index (χ2n) is 2.60. The zero-order valence-corrected chi connectivity index (χ0v) is 8.89. The molecule has 1 fully saturated rings. The molecule has 1 saturated heterocycles. The minimum atomic E-state index is 0.293. The third-order valence-electron chi connectivity index (χ3n) is 1.29. The summed E-state index contributed by atoms with van der Waals surface area (Å²) in [6, 6.07) is 0. The Hall–Kier alpha value is -1.18. The van der Waals surface area contributed by atoms with Gasteiger partial charge in [-0.1, -0.05) is 32.1 Å². The van der Waals surface area contributed by atoms with E-state index in [0.29, 0.717) is 12.6 Å². The van der Waals surface area contributed by atoms with Gasteiger partial charge in [0.2, 0.25) is 6.79 Å². The fraction of sp³-hybridized carbons (Fsp3) is 0.455. The van der Waals surface area contributed by atoms with Crippen molar-refractivity contribution in [1.82, 2.24) is 0 Å². The highest BCUT2D eigenvalue weighted by atomic mass is 16.7. The summed E-state index contributed by atoms with van der Waals surface area (Å²) in [7, 11) is 0. The number of ether oxygens (including phenoxy) is 2. The van der Waals surface area contributed by atoms with Crippen LogP contribution in [0, 0.1) is 0 Å². The molecule has 0 bridgehead atoms. The number of rotatable bonds is 1. The second-order valence-corrected chi connectivity index (χ2v) is 2.60. The predicted octanol–water partition coefficient (Wildman–Crippen LogP) is 3.38. The Morgan fingerprint density at radius 2 is 1.92 bits per heavy atom. The van der Waals surface area contributed by atoms with Gasteiger partial charge in [0.1, 0.15) is 0 Å². The molecule has 74 valence electrons. The van der Waals surface area contributed by atoms with Crippen LogP contribution < -0.4 is 0 Å². The van der Waals surface area contributed by atoms with Gasteiger partial charge in [0.25, 0.3) is 0 Å². The van der Waals surface area contributed by atoms with Crippen LogP contribution in [0.3, 0.4) is 0 Å². The lowest BCUT2D eigenvalue weighted by Gasteiger charge is -1.91. The molecule has 0 aromatic rings. The normalized spacial score (nSPS) is 16.9. The van der Waals surface area contributed by atoms with Crippen LogP contribution in [0.25, 0.3) is 0 Å². The molecule has 2 nitrogen and oxygen atoms in total. The Labute approximate surface area is 80.5 Å². The second kappa shape index (κ2) is 6.35. The first-order valence-electron chi connectivity index (χ1n) is 4.50. The topological polar surface area (TPSA) is 18.5 Å². The maximum Gasteiger partial charge on any atom is 0.231 e. The predicted molar refractivity (Wildman–Crippen MR) is 55.0 cm³/mol. The van der Waals surface area contributed by atoms with Crippen LogP contribution in [0.4, 0.5) is 0 Å². The Morgan fingerprint density at radius 3 is 2.31 bits per heavy atom. The van der Waals surface area contributed by atoms with Gasteiger partial charge in [-0.15, -0.1) is 0 Å². The number of hydrogen-bond donors (Lipinski definition) is 0. The van der Waals surface area contributed by atoms with Crippen LogP contribution in [-0.4, -0.2) is 6.79 Å². The minimum Gasteiger partial charge on any atom is -0.454 e. The van der Waals surface area contributed by atoms with Crippen molar-refractivity contribution < 1.29 is 9.47 Å². The van der Waals surface area contributed by atoms with Gasteiger partial charge in [0.05, 0.1) is 0 Å². The van der Waals surface area contributed by atoms with Crippen molar-refractivity contribution >= 4 is 0 Å². The average molecular weight is 182 g/mol. The summed E-state index contributed by atoms with van der Waals surface area (Å²) in [5, 5.41) is 0. The van der Waals surface area contributed by atoms with Crippen molar-refractivity contribution in [2.45, 2.75) is 27.7 Å². The van der Waals surface area contributed by atoms with E-state index >= 15 is 0 Å². The number of hydrogen-bond acceptors (Lipinski definition) is 2. The first kappa shape index (κ1) is 11.8. The molecule has 0 N–H and O–H groups in total. The highest BCUT2D eigenvalue weighted by molar-refractivity contribution is 5.24. The Bertz CT molecular complexity index is 220. The molecule has 1 heterocycles. The fourth-order valence-corrected chi connectivity index (χ4v) is 0.699. The molecular formula is C11H18O2. The summed E-state index contributed by atoms with van der Waals surface area (Å²) in [5.41, 5.74) is 1.22. The third-order valence-corrected chi connectivity index (χ3v) is 1.29. The van der Waals surface area contributed by atoms with E-state index in [4.69, 9.17) is 9.47 Å². The quantitative estimate of drug-likeness (QED) is 0.619. The summed E-state index contributed by atoms with van der Waals surface area (Å²) in [6.45, 7) is 12.0. The van der Waals surface area contributed by atoms with Gasteiger partial charge in [-0.25, -0.2) is 0 Å². The van der Waals surface area contributed by atoms with Gasteiger partial charge in [-0.3, -0.25) is 0 Å². The van der Waals surface area contributed by atoms with Gasteiger partial charge in [0.15, 0.2) is 11.5 Å². The Balaban J connectivity index is 0.000000671. The molecular weight excluding hydrogens is 164 g/mol. The molecule has 1 rings (SSSR count).